The van der Waals surface area contributed by atoms with Crippen molar-refractivity contribution in [1.82, 2.24) is 4.98 Å². The highest BCUT2D eigenvalue weighted by molar-refractivity contribution is 5.36. The van der Waals surface area contributed by atoms with Crippen LogP contribution in [0.25, 0.3) is 0 Å². The van der Waals surface area contributed by atoms with Crippen molar-refractivity contribution in [3.8, 4) is 0 Å². The minimum absolute atomic E-state index is 0.293. The monoisotopic (exact) mass is 210 g/mol. The second-order valence-corrected chi connectivity index (χ2v) is 3.85. The minimum atomic E-state index is -0.302. The Labute approximate surface area is 88.9 Å². The molecule has 2 heterocycles. The molecule has 0 bridgehead atoms. The molecule has 2 rings (SSSR count). The number of pyridine rings is 1. The fourth-order valence-electron chi connectivity index (χ4n) is 1.78. The summed E-state index contributed by atoms with van der Waals surface area (Å²) in [6, 6.07) is 3.11. The van der Waals surface area contributed by atoms with Gasteiger partial charge in [-0.1, -0.05) is 0 Å². The molecule has 4 heteroatoms. The van der Waals surface area contributed by atoms with Crippen LogP contribution in [0.1, 0.15) is 12.8 Å². The van der Waals surface area contributed by atoms with Gasteiger partial charge in [0.1, 0.15) is 11.6 Å². The molecule has 0 aromatic carbocycles. The summed E-state index contributed by atoms with van der Waals surface area (Å²) < 4.78 is 18.2. The molecule has 1 aromatic heterocycles. The highest BCUT2D eigenvalue weighted by Gasteiger charge is 2.17. The third kappa shape index (κ3) is 2.65. The normalized spacial score (nSPS) is 20.5. The van der Waals surface area contributed by atoms with Gasteiger partial charge in [-0.2, -0.15) is 0 Å². The van der Waals surface area contributed by atoms with E-state index >= 15 is 0 Å². The maximum atomic E-state index is 12.6. The first-order valence-corrected chi connectivity index (χ1v) is 5.20. The number of likely N-dealkylation sites (N-methyl/N-ethyl adjacent to an activating group) is 1. The number of rotatable bonds is 3. The minimum Gasteiger partial charge on any atom is -0.376 e. The molecule has 1 atom stereocenters. The average molecular weight is 210 g/mol. The second kappa shape index (κ2) is 4.57. The summed E-state index contributed by atoms with van der Waals surface area (Å²) in [4.78, 5) is 6.01. The van der Waals surface area contributed by atoms with E-state index in [1.54, 1.807) is 6.07 Å². The van der Waals surface area contributed by atoms with Crippen molar-refractivity contribution < 1.29 is 9.13 Å². The van der Waals surface area contributed by atoms with Crippen LogP contribution < -0.4 is 4.90 Å². The molecular weight excluding hydrogens is 195 g/mol. The Morgan fingerprint density at radius 2 is 2.47 bits per heavy atom. The van der Waals surface area contributed by atoms with Crippen molar-refractivity contribution in [1.29, 1.82) is 0 Å². The third-order valence-electron chi connectivity index (χ3n) is 2.60. The highest BCUT2D eigenvalue weighted by Crippen LogP contribution is 2.16. The molecule has 1 aliphatic rings. The molecule has 1 aromatic rings. The van der Waals surface area contributed by atoms with Crippen molar-refractivity contribution in [2.75, 3.05) is 25.1 Å². The van der Waals surface area contributed by atoms with E-state index < -0.39 is 0 Å². The Balaban J connectivity index is 1.94. The zero-order valence-electron chi connectivity index (χ0n) is 8.82. The van der Waals surface area contributed by atoms with Crippen LogP contribution in [0.4, 0.5) is 10.2 Å². The lowest BCUT2D eigenvalue weighted by atomic mass is 10.2. The zero-order chi connectivity index (χ0) is 10.7. The van der Waals surface area contributed by atoms with E-state index in [0.29, 0.717) is 6.10 Å². The van der Waals surface area contributed by atoms with Crippen LogP contribution in [0.2, 0.25) is 0 Å². The second-order valence-electron chi connectivity index (χ2n) is 3.85. The smallest absolute Gasteiger partial charge is 0.141 e. The molecule has 0 unspecified atom stereocenters. The van der Waals surface area contributed by atoms with Gasteiger partial charge >= 0.3 is 0 Å². The van der Waals surface area contributed by atoms with Gasteiger partial charge in [0.05, 0.1) is 12.3 Å². The molecule has 0 radical (unpaired) electrons. The molecule has 82 valence electrons. The van der Waals surface area contributed by atoms with Gasteiger partial charge in [0, 0.05) is 20.2 Å². The van der Waals surface area contributed by atoms with Crippen LogP contribution in [0.15, 0.2) is 18.3 Å². The Hall–Kier alpha value is -1.16. The average Bonchev–Trinajstić information content (AvgIpc) is 2.71. The van der Waals surface area contributed by atoms with Gasteiger partial charge in [0.15, 0.2) is 0 Å². The summed E-state index contributed by atoms with van der Waals surface area (Å²) in [6.45, 7) is 1.67. The fourth-order valence-corrected chi connectivity index (χ4v) is 1.78. The summed E-state index contributed by atoms with van der Waals surface area (Å²) in [6.07, 6.45) is 3.77. The quantitative estimate of drug-likeness (QED) is 0.761. The lowest BCUT2D eigenvalue weighted by Crippen LogP contribution is -2.29. The van der Waals surface area contributed by atoms with Gasteiger partial charge in [-0.3, -0.25) is 0 Å². The molecule has 0 N–H and O–H groups in total. The van der Waals surface area contributed by atoms with Gasteiger partial charge in [0.2, 0.25) is 0 Å². The number of hydrogen-bond donors (Lipinski definition) is 0. The standard InChI is InChI=1S/C11H15FN2O/c1-14(8-10-3-2-6-15-10)11-5-4-9(12)7-13-11/h4-5,7,10H,2-3,6,8H2,1H3/t10-/m0/s1. The topological polar surface area (TPSA) is 25.4 Å². The van der Waals surface area contributed by atoms with E-state index in [1.807, 2.05) is 11.9 Å². The number of hydrogen-bond acceptors (Lipinski definition) is 3. The largest absolute Gasteiger partial charge is 0.376 e. The SMILES string of the molecule is CN(C[C@@H]1CCCO1)c1ccc(F)cn1. The number of nitrogens with zero attached hydrogens (tertiary/aromatic N) is 2. The highest BCUT2D eigenvalue weighted by atomic mass is 19.1. The Kier molecular flexibility index (Phi) is 3.16. The first-order valence-electron chi connectivity index (χ1n) is 5.20. The summed E-state index contributed by atoms with van der Waals surface area (Å²) in [5.74, 6) is 0.483. The predicted octanol–water partition coefficient (Wildman–Crippen LogP) is 1.84. The Morgan fingerprint density at radius 3 is 3.07 bits per heavy atom. The van der Waals surface area contributed by atoms with Gasteiger partial charge in [0.25, 0.3) is 0 Å². The fraction of sp³-hybridized carbons (Fsp3) is 0.545. The van der Waals surface area contributed by atoms with E-state index in [0.717, 1.165) is 31.8 Å². The van der Waals surface area contributed by atoms with Crippen LogP contribution >= 0.6 is 0 Å². The summed E-state index contributed by atoms with van der Waals surface area (Å²) in [7, 11) is 1.95. The van der Waals surface area contributed by atoms with Crippen LogP contribution in [0.5, 0.6) is 0 Å². The van der Waals surface area contributed by atoms with E-state index in [2.05, 4.69) is 4.98 Å². The van der Waals surface area contributed by atoms with E-state index in [9.17, 15) is 4.39 Å². The third-order valence-corrected chi connectivity index (χ3v) is 2.60. The van der Waals surface area contributed by atoms with Crippen LogP contribution in [0, 0.1) is 5.82 Å². The maximum Gasteiger partial charge on any atom is 0.141 e. The molecule has 1 fully saturated rings. The van der Waals surface area contributed by atoms with Crippen LogP contribution in [-0.4, -0.2) is 31.3 Å². The molecule has 3 nitrogen and oxygen atoms in total. The number of aromatic nitrogens is 1. The molecule has 0 amide bonds. The van der Waals surface area contributed by atoms with Gasteiger partial charge in [-0.15, -0.1) is 0 Å². The van der Waals surface area contributed by atoms with Crippen molar-refractivity contribution in [3.63, 3.8) is 0 Å². The molecule has 1 aliphatic heterocycles. The first-order chi connectivity index (χ1) is 7.25. The zero-order valence-corrected chi connectivity index (χ0v) is 8.82. The Morgan fingerprint density at radius 1 is 1.60 bits per heavy atom. The van der Waals surface area contributed by atoms with Crippen molar-refractivity contribution in [2.24, 2.45) is 0 Å². The van der Waals surface area contributed by atoms with Gasteiger partial charge < -0.3 is 9.64 Å². The number of ether oxygens (including phenoxy) is 1. The molecule has 15 heavy (non-hydrogen) atoms. The van der Waals surface area contributed by atoms with Crippen LogP contribution in [-0.2, 0) is 4.74 Å². The van der Waals surface area contributed by atoms with E-state index in [1.165, 1.54) is 12.3 Å². The van der Waals surface area contributed by atoms with Gasteiger partial charge in [-0.05, 0) is 25.0 Å². The lowest BCUT2D eigenvalue weighted by Gasteiger charge is -2.21. The van der Waals surface area contributed by atoms with Gasteiger partial charge in [-0.25, -0.2) is 9.37 Å². The number of halogens is 1. The molecule has 1 saturated heterocycles. The summed E-state index contributed by atoms with van der Waals surface area (Å²) in [5.41, 5.74) is 0. The van der Waals surface area contributed by atoms with E-state index in [-0.39, 0.29) is 5.82 Å². The van der Waals surface area contributed by atoms with E-state index in [4.69, 9.17) is 4.74 Å². The molecule has 0 saturated carbocycles. The summed E-state index contributed by atoms with van der Waals surface area (Å²) >= 11 is 0. The van der Waals surface area contributed by atoms with Crippen molar-refractivity contribution >= 4 is 5.82 Å². The van der Waals surface area contributed by atoms with Crippen LogP contribution in [0.3, 0.4) is 0 Å². The Bertz CT molecular complexity index is 309. The van der Waals surface area contributed by atoms with Crippen molar-refractivity contribution in [2.45, 2.75) is 18.9 Å². The summed E-state index contributed by atoms with van der Waals surface area (Å²) in [5, 5.41) is 0. The predicted molar refractivity (Wildman–Crippen MR) is 56.4 cm³/mol. The van der Waals surface area contributed by atoms with Crippen molar-refractivity contribution in [3.05, 3.63) is 24.1 Å². The number of anilines is 1. The lowest BCUT2D eigenvalue weighted by molar-refractivity contribution is 0.116. The molecule has 0 spiro atoms. The molecular formula is C11H15FN2O. The maximum absolute atomic E-state index is 12.6. The first kappa shape index (κ1) is 10.4. The molecule has 0 aliphatic carbocycles.